The lowest BCUT2D eigenvalue weighted by Crippen LogP contribution is -3.08. The van der Waals surface area contributed by atoms with Gasteiger partial charge in [-0.25, -0.2) is 15.4 Å². The van der Waals surface area contributed by atoms with Crippen LogP contribution in [-0.2, 0) is 6.54 Å². The van der Waals surface area contributed by atoms with Gasteiger partial charge in [0.05, 0.1) is 25.9 Å². The van der Waals surface area contributed by atoms with E-state index in [2.05, 4.69) is 26.6 Å². The molecule has 1 aliphatic rings. The van der Waals surface area contributed by atoms with Crippen LogP contribution in [0.5, 0.6) is 5.75 Å². The molecule has 0 amide bonds. The molecule has 0 radical (unpaired) electrons. The largest absolute Gasteiger partial charge is 0.496 e. The summed E-state index contributed by atoms with van der Waals surface area (Å²) in [6.07, 6.45) is 2.63. The molecule has 2 N–H and O–H groups in total. The normalized spacial score (nSPS) is 15.3. The van der Waals surface area contributed by atoms with E-state index in [1.807, 2.05) is 39.0 Å². The van der Waals surface area contributed by atoms with Crippen molar-refractivity contribution in [3.8, 4) is 5.75 Å². The molecule has 0 aliphatic carbocycles. The van der Waals surface area contributed by atoms with Crippen LogP contribution in [0.3, 0.4) is 0 Å². The van der Waals surface area contributed by atoms with Crippen molar-refractivity contribution >= 4 is 11.7 Å². The fourth-order valence-corrected chi connectivity index (χ4v) is 3.44. The fourth-order valence-electron chi connectivity index (χ4n) is 3.44. The maximum atomic E-state index is 5.56. The molecular weight excluding hydrogens is 326 g/mol. The highest BCUT2D eigenvalue weighted by Crippen LogP contribution is 2.20. The third kappa shape index (κ3) is 4.58. The molecule has 6 nitrogen and oxygen atoms in total. The number of methoxy groups -OCH3 is 1. The fraction of sp³-hybridized carbons (Fsp3) is 0.450. The number of rotatable bonds is 6. The highest BCUT2D eigenvalue weighted by molar-refractivity contribution is 5.99. The minimum Gasteiger partial charge on any atom is -0.496 e. The van der Waals surface area contributed by atoms with Crippen molar-refractivity contribution < 1.29 is 9.64 Å². The van der Waals surface area contributed by atoms with Crippen LogP contribution in [0.2, 0.25) is 0 Å². The highest BCUT2D eigenvalue weighted by atomic mass is 16.5. The number of quaternary nitrogens is 1. The molecule has 0 spiro atoms. The van der Waals surface area contributed by atoms with Crippen LogP contribution >= 0.6 is 0 Å². The van der Waals surface area contributed by atoms with Crippen LogP contribution in [0.1, 0.15) is 42.3 Å². The molecule has 0 saturated carbocycles. The third-order valence-corrected chi connectivity index (χ3v) is 4.76. The van der Waals surface area contributed by atoms with Gasteiger partial charge in [0.15, 0.2) is 0 Å². The summed E-state index contributed by atoms with van der Waals surface area (Å²) in [5, 5.41) is 4.47. The van der Waals surface area contributed by atoms with Crippen molar-refractivity contribution in [2.75, 3.05) is 25.6 Å². The van der Waals surface area contributed by atoms with Gasteiger partial charge in [-0.15, -0.1) is 0 Å². The van der Waals surface area contributed by atoms with E-state index in [1.165, 1.54) is 31.5 Å². The van der Waals surface area contributed by atoms with Crippen molar-refractivity contribution in [1.82, 2.24) is 9.97 Å². The first-order valence-corrected chi connectivity index (χ1v) is 9.18. The second-order valence-corrected chi connectivity index (χ2v) is 6.94. The number of hydrogen-bond donors (Lipinski definition) is 2. The molecular formula is C20H28N5O+. The number of aromatic nitrogens is 2. The van der Waals surface area contributed by atoms with Gasteiger partial charge in [0, 0.05) is 29.8 Å². The minimum atomic E-state index is 0.525. The van der Waals surface area contributed by atoms with Gasteiger partial charge in [-0.1, -0.05) is 0 Å². The van der Waals surface area contributed by atoms with Gasteiger partial charge in [0.2, 0.25) is 5.95 Å². The van der Waals surface area contributed by atoms with Gasteiger partial charge >= 0.3 is 0 Å². The first kappa shape index (κ1) is 18.3. The molecule has 0 bridgehead atoms. The number of benzene rings is 1. The molecule has 1 fully saturated rings. The highest BCUT2D eigenvalue weighted by Gasteiger charge is 2.18. The Hall–Kier alpha value is -2.47. The zero-order chi connectivity index (χ0) is 18.5. The quantitative estimate of drug-likeness (QED) is 0.616. The molecule has 0 atom stereocenters. The zero-order valence-corrected chi connectivity index (χ0v) is 16.1. The Balaban J connectivity index is 1.78. The summed E-state index contributed by atoms with van der Waals surface area (Å²) in [6.45, 7) is 9.37. The first-order valence-electron chi connectivity index (χ1n) is 9.18. The molecule has 1 aromatic carbocycles. The van der Waals surface area contributed by atoms with Crippen molar-refractivity contribution in [3.63, 3.8) is 0 Å². The van der Waals surface area contributed by atoms with E-state index in [9.17, 15) is 0 Å². The van der Waals surface area contributed by atoms with E-state index in [-0.39, 0.29) is 0 Å². The summed E-state index contributed by atoms with van der Waals surface area (Å²) in [6, 6.07) is 8.21. The van der Waals surface area contributed by atoms with Crippen molar-refractivity contribution in [3.05, 3.63) is 46.8 Å². The number of ether oxygens (including phenoxy) is 1. The number of aryl methyl sites for hydroxylation is 2. The standard InChI is InChI=1S/C20H27N5O/c1-14-11-15(2)22-20(21-14)24-23-16(3)17-7-8-19(26-4)18(12-17)13-25-9-5-6-10-25/h7-8,11-12H,5-6,9-10,13H2,1-4H3,(H,21,22,24)/p+1/b23-16-. The Morgan fingerprint density at radius 3 is 2.50 bits per heavy atom. The maximum Gasteiger partial charge on any atom is 0.243 e. The van der Waals surface area contributed by atoms with Crippen molar-refractivity contribution in [2.24, 2.45) is 5.10 Å². The molecule has 2 heterocycles. The summed E-state index contributed by atoms with van der Waals surface area (Å²) in [5.41, 5.74) is 8.04. The number of nitrogens with one attached hydrogen (secondary N) is 2. The number of anilines is 1. The van der Waals surface area contributed by atoms with Crippen LogP contribution in [0, 0.1) is 13.8 Å². The molecule has 138 valence electrons. The van der Waals surface area contributed by atoms with Gasteiger partial charge in [-0.2, -0.15) is 5.10 Å². The molecule has 1 aliphatic heterocycles. The minimum absolute atomic E-state index is 0.525. The predicted molar refractivity (Wildman–Crippen MR) is 104 cm³/mol. The Morgan fingerprint density at radius 2 is 1.85 bits per heavy atom. The Morgan fingerprint density at radius 1 is 1.15 bits per heavy atom. The van der Waals surface area contributed by atoms with Gasteiger partial charge < -0.3 is 9.64 Å². The molecule has 3 rings (SSSR count). The molecule has 26 heavy (non-hydrogen) atoms. The summed E-state index contributed by atoms with van der Waals surface area (Å²) in [7, 11) is 1.73. The number of nitrogens with zero attached hydrogens (tertiary/aromatic N) is 3. The summed E-state index contributed by atoms with van der Waals surface area (Å²) < 4.78 is 5.56. The topological polar surface area (TPSA) is 63.8 Å². The number of likely N-dealkylation sites (tertiary alicyclic amines) is 1. The van der Waals surface area contributed by atoms with E-state index >= 15 is 0 Å². The van der Waals surface area contributed by atoms with E-state index in [0.29, 0.717) is 5.95 Å². The van der Waals surface area contributed by atoms with Gasteiger partial charge in [0.25, 0.3) is 0 Å². The first-order chi connectivity index (χ1) is 12.5. The van der Waals surface area contributed by atoms with Gasteiger partial charge in [-0.05, 0) is 50.6 Å². The molecule has 2 aromatic rings. The summed E-state index contributed by atoms with van der Waals surface area (Å²) >= 11 is 0. The maximum absolute atomic E-state index is 5.56. The van der Waals surface area contributed by atoms with Crippen LogP contribution < -0.4 is 15.1 Å². The second kappa shape index (κ2) is 8.27. The SMILES string of the molecule is COc1ccc(/C(C)=N\Nc2nc(C)cc(C)n2)cc1C[NH+]1CCCC1. The predicted octanol–water partition coefficient (Wildman–Crippen LogP) is 2.12. The van der Waals surface area contributed by atoms with Gasteiger partial charge in [-0.3, -0.25) is 0 Å². The van der Waals surface area contributed by atoms with E-state index in [1.54, 1.807) is 12.0 Å². The van der Waals surface area contributed by atoms with Crippen LogP contribution in [-0.4, -0.2) is 35.9 Å². The average Bonchev–Trinajstić information content (AvgIpc) is 3.12. The zero-order valence-electron chi connectivity index (χ0n) is 16.1. The van der Waals surface area contributed by atoms with Crippen molar-refractivity contribution in [2.45, 2.75) is 40.2 Å². The molecule has 1 saturated heterocycles. The van der Waals surface area contributed by atoms with Crippen LogP contribution in [0.4, 0.5) is 5.95 Å². The third-order valence-electron chi connectivity index (χ3n) is 4.76. The van der Waals surface area contributed by atoms with E-state index in [4.69, 9.17) is 4.74 Å². The monoisotopic (exact) mass is 354 g/mol. The van der Waals surface area contributed by atoms with Crippen LogP contribution in [0.25, 0.3) is 0 Å². The number of hydrogen-bond acceptors (Lipinski definition) is 5. The lowest BCUT2D eigenvalue weighted by molar-refractivity contribution is -0.901. The summed E-state index contributed by atoms with van der Waals surface area (Å²) in [4.78, 5) is 10.3. The van der Waals surface area contributed by atoms with Gasteiger partial charge in [0.1, 0.15) is 12.3 Å². The second-order valence-electron chi connectivity index (χ2n) is 6.94. The Labute approximate surface area is 155 Å². The summed E-state index contributed by atoms with van der Waals surface area (Å²) in [5.74, 6) is 1.48. The lowest BCUT2D eigenvalue weighted by atomic mass is 10.1. The lowest BCUT2D eigenvalue weighted by Gasteiger charge is -2.15. The van der Waals surface area contributed by atoms with E-state index in [0.717, 1.165) is 35.0 Å². The smallest absolute Gasteiger partial charge is 0.243 e. The Kier molecular flexibility index (Phi) is 5.83. The molecule has 6 heteroatoms. The van der Waals surface area contributed by atoms with Crippen molar-refractivity contribution in [1.29, 1.82) is 0 Å². The molecule has 1 aromatic heterocycles. The molecule has 0 unspecified atom stereocenters. The Bertz CT molecular complexity index is 777. The van der Waals surface area contributed by atoms with E-state index < -0.39 is 0 Å². The van der Waals surface area contributed by atoms with Crippen LogP contribution in [0.15, 0.2) is 29.4 Å². The number of hydrazone groups is 1. The average molecular weight is 354 g/mol.